The number of phenols is 1. The molecule has 4 nitrogen and oxygen atoms in total. The second-order valence-corrected chi connectivity index (χ2v) is 6.62. The summed E-state index contributed by atoms with van der Waals surface area (Å²) in [6.45, 7) is 0.161. The highest BCUT2D eigenvalue weighted by atomic mass is 32.2. The van der Waals surface area contributed by atoms with Gasteiger partial charge in [0.25, 0.3) is 0 Å². The van der Waals surface area contributed by atoms with Gasteiger partial charge in [0, 0.05) is 12.6 Å². The number of aromatic hydroxyl groups is 1. The molecule has 1 fully saturated rings. The van der Waals surface area contributed by atoms with Crippen molar-refractivity contribution >= 4 is 9.84 Å². The van der Waals surface area contributed by atoms with E-state index in [1.807, 2.05) is 0 Å². The lowest BCUT2D eigenvalue weighted by Crippen LogP contribution is -2.29. The van der Waals surface area contributed by atoms with Crippen molar-refractivity contribution in [1.82, 2.24) is 5.32 Å². The molecule has 100 valence electrons. The van der Waals surface area contributed by atoms with Crippen LogP contribution in [0.1, 0.15) is 12.0 Å². The second-order valence-electron chi connectivity index (χ2n) is 4.39. The van der Waals surface area contributed by atoms with E-state index in [4.69, 9.17) is 5.11 Å². The molecule has 1 heterocycles. The monoisotopic (exact) mass is 277 g/mol. The van der Waals surface area contributed by atoms with Gasteiger partial charge in [-0.25, -0.2) is 17.2 Å². The maximum absolute atomic E-state index is 13.1. The van der Waals surface area contributed by atoms with Crippen molar-refractivity contribution in [3.05, 3.63) is 29.3 Å². The summed E-state index contributed by atoms with van der Waals surface area (Å²) in [6, 6.07) is 1.86. The summed E-state index contributed by atoms with van der Waals surface area (Å²) >= 11 is 0. The number of nitrogens with one attached hydrogen (secondary N) is 1. The van der Waals surface area contributed by atoms with E-state index in [9.17, 15) is 17.2 Å². The normalized spacial score (nSPS) is 22.2. The molecule has 1 aromatic carbocycles. The molecule has 0 bridgehead atoms. The Morgan fingerprint density at radius 3 is 2.44 bits per heavy atom. The van der Waals surface area contributed by atoms with Crippen LogP contribution in [0.2, 0.25) is 0 Å². The predicted molar refractivity (Wildman–Crippen MR) is 61.9 cm³/mol. The summed E-state index contributed by atoms with van der Waals surface area (Å²) in [4.78, 5) is 0. The average molecular weight is 277 g/mol. The van der Waals surface area contributed by atoms with E-state index in [1.165, 1.54) is 0 Å². The van der Waals surface area contributed by atoms with E-state index in [0.717, 1.165) is 12.1 Å². The van der Waals surface area contributed by atoms with Gasteiger partial charge in [0.05, 0.1) is 11.5 Å². The van der Waals surface area contributed by atoms with Crippen LogP contribution in [-0.4, -0.2) is 31.1 Å². The number of sulfone groups is 1. The molecule has 1 aromatic rings. The molecule has 0 aromatic heterocycles. The first-order valence-corrected chi connectivity index (χ1v) is 7.30. The zero-order chi connectivity index (χ0) is 13.3. The quantitative estimate of drug-likeness (QED) is 0.863. The van der Waals surface area contributed by atoms with Gasteiger partial charge in [0.1, 0.15) is 0 Å². The lowest BCUT2D eigenvalue weighted by molar-refractivity contribution is 0.394. The molecule has 1 saturated heterocycles. The zero-order valence-electron chi connectivity index (χ0n) is 9.49. The van der Waals surface area contributed by atoms with Crippen LogP contribution in [0.15, 0.2) is 12.1 Å². The molecule has 1 aliphatic rings. The standard InChI is InChI=1S/C11H13F2NO3S/c12-9-3-7(4-10(13)11(9)15)5-14-8-1-2-18(16,17)6-8/h3-4,8,14-15H,1-2,5-6H2. The van der Waals surface area contributed by atoms with Gasteiger partial charge in [-0.3, -0.25) is 0 Å². The highest BCUT2D eigenvalue weighted by Crippen LogP contribution is 2.21. The zero-order valence-corrected chi connectivity index (χ0v) is 10.3. The Balaban J connectivity index is 1.99. The fourth-order valence-corrected chi connectivity index (χ4v) is 3.65. The molecule has 0 spiro atoms. The summed E-state index contributed by atoms with van der Waals surface area (Å²) < 4.78 is 48.5. The summed E-state index contributed by atoms with van der Waals surface area (Å²) in [7, 11) is -2.97. The van der Waals surface area contributed by atoms with Crippen LogP contribution in [-0.2, 0) is 16.4 Å². The van der Waals surface area contributed by atoms with Gasteiger partial charge < -0.3 is 10.4 Å². The van der Waals surface area contributed by atoms with Crippen molar-refractivity contribution < 1.29 is 22.3 Å². The Labute approximate surface area is 104 Å². The van der Waals surface area contributed by atoms with E-state index in [1.54, 1.807) is 0 Å². The first-order chi connectivity index (χ1) is 8.37. The van der Waals surface area contributed by atoms with E-state index in [-0.39, 0.29) is 24.1 Å². The number of hydrogen-bond acceptors (Lipinski definition) is 4. The molecule has 0 saturated carbocycles. The lowest BCUT2D eigenvalue weighted by atomic mass is 10.1. The average Bonchev–Trinajstić information content (AvgIpc) is 2.63. The smallest absolute Gasteiger partial charge is 0.187 e. The van der Waals surface area contributed by atoms with Crippen LogP contribution < -0.4 is 5.32 Å². The number of halogens is 2. The van der Waals surface area contributed by atoms with Crippen molar-refractivity contribution in [2.24, 2.45) is 0 Å². The first-order valence-electron chi connectivity index (χ1n) is 5.48. The van der Waals surface area contributed by atoms with Crippen LogP contribution >= 0.6 is 0 Å². The Morgan fingerprint density at radius 2 is 1.94 bits per heavy atom. The molecular weight excluding hydrogens is 264 g/mol. The van der Waals surface area contributed by atoms with E-state index >= 15 is 0 Å². The van der Waals surface area contributed by atoms with Gasteiger partial charge in [-0.1, -0.05) is 0 Å². The Hall–Kier alpha value is -1.21. The van der Waals surface area contributed by atoms with Gasteiger partial charge in [-0.2, -0.15) is 0 Å². The van der Waals surface area contributed by atoms with Gasteiger partial charge >= 0.3 is 0 Å². The fourth-order valence-electron chi connectivity index (χ4n) is 1.94. The van der Waals surface area contributed by atoms with Crippen LogP contribution in [0.3, 0.4) is 0 Å². The molecule has 0 amide bonds. The van der Waals surface area contributed by atoms with Crippen molar-refractivity contribution in [3.8, 4) is 5.75 Å². The summed E-state index contributed by atoms with van der Waals surface area (Å²) in [5.41, 5.74) is 0.326. The SMILES string of the molecule is O=S1(=O)CCC(NCc2cc(F)c(O)c(F)c2)C1. The lowest BCUT2D eigenvalue weighted by Gasteiger charge is -2.11. The minimum Gasteiger partial charge on any atom is -0.503 e. The molecule has 18 heavy (non-hydrogen) atoms. The highest BCUT2D eigenvalue weighted by molar-refractivity contribution is 7.91. The van der Waals surface area contributed by atoms with Gasteiger partial charge in [-0.05, 0) is 24.1 Å². The molecule has 1 atom stereocenters. The summed E-state index contributed by atoms with van der Waals surface area (Å²) in [5.74, 6) is -2.85. The fraction of sp³-hybridized carbons (Fsp3) is 0.455. The van der Waals surface area contributed by atoms with Gasteiger partial charge in [-0.15, -0.1) is 0 Å². The number of benzene rings is 1. The third-order valence-corrected chi connectivity index (χ3v) is 4.67. The van der Waals surface area contributed by atoms with Crippen LogP contribution in [0.4, 0.5) is 8.78 Å². The first kappa shape index (κ1) is 13.2. The minimum absolute atomic E-state index is 0.0516. The Morgan fingerprint density at radius 1 is 1.33 bits per heavy atom. The molecular formula is C11H13F2NO3S. The molecule has 0 aliphatic carbocycles. The van der Waals surface area contributed by atoms with E-state index < -0.39 is 27.2 Å². The predicted octanol–water partition coefficient (Wildman–Crippen LogP) is 0.947. The summed E-state index contributed by atoms with van der Waals surface area (Å²) in [6.07, 6.45) is 0.505. The van der Waals surface area contributed by atoms with Crippen LogP contribution in [0.25, 0.3) is 0 Å². The molecule has 0 radical (unpaired) electrons. The molecule has 7 heteroatoms. The minimum atomic E-state index is -2.97. The van der Waals surface area contributed by atoms with Crippen LogP contribution in [0.5, 0.6) is 5.75 Å². The van der Waals surface area contributed by atoms with Gasteiger partial charge in [0.2, 0.25) is 0 Å². The third kappa shape index (κ3) is 2.97. The van der Waals surface area contributed by atoms with Crippen LogP contribution in [0, 0.1) is 11.6 Å². The van der Waals surface area contributed by atoms with Gasteiger partial charge in [0.15, 0.2) is 27.2 Å². The third-order valence-electron chi connectivity index (χ3n) is 2.90. The van der Waals surface area contributed by atoms with Crippen molar-refractivity contribution in [2.75, 3.05) is 11.5 Å². The Kier molecular flexibility index (Phi) is 3.54. The second kappa shape index (κ2) is 4.81. The number of phenolic OH excluding ortho intramolecular Hbond substituents is 1. The topological polar surface area (TPSA) is 66.4 Å². The number of hydrogen-bond donors (Lipinski definition) is 2. The van der Waals surface area contributed by atoms with Crippen molar-refractivity contribution in [1.29, 1.82) is 0 Å². The maximum atomic E-state index is 13.1. The van der Waals surface area contributed by atoms with Crippen molar-refractivity contribution in [2.45, 2.75) is 19.0 Å². The molecule has 1 unspecified atom stereocenters. The van der Waals surface area contributed by atoms with Crippen molar-refractivity contribution in [3.63, 3.8) is 0 Å². The molecule has 1 aliphatic heterocycles. The molecule has 2 rings (SSSR count). The number of rotatable bonds is 3. The van der Waals surface area contributed by atoms with E-state index in [2.05, 4.69) is 5.32 Å². The highest BCUT2D eigenvalue weighted by Gasteiger charge is 2.27. The largest absolute Gasteiger partial charge is 0.503 e. The molecule has 2 N–H and O–H groups in total. The Bertz CT molecular complexity index is 536. The van der Waals surface area contributed by atoms with E-state index in [0.29, 0.717) is 12.0 Å². The summed E-state index contributed by atoms with van der Waals surface area (Å²) in [5, 5.41) is 11.9. The maximum Gasteiger partial charge on any atom is 0.187 e.